The lowest BCUT2D eigenvalue weighted by Gasteiger charge is -2.36. The van der Waals surface area contributed by atoms with Gasteiger partial charge in [-0.1, -0.05) is 50.8 Å². The molecule has 1 saturated carbocycles. The molecule has 4 rings (SSSR count). The van der Waals surface area contributed by atoms with Gasteiger partial charge in [-0.2, -0.15) is 0 Å². The summed E-state index contributed by atoms with van der Waals surface area (Å²) in [7, 11) is 0. The molecule has 0 atom stereocenters. The number of carbonyl (C=O) groups excluding carboxylic acids is 1. The maximum absolute atomic E-state index is 14.8. The molecule has 0 unspecified atom stereocenters. The van der Waals surface area contributed by atoms with Gasteiger partial charge in [0.2, 0.25) is 5.91 Å². The second-order valence-electron chi connectivity index (χ2n) is 8.29. The highest BCUT2D eigenvalue weighted by atomic mass is 19.1. The van der Waals surface area contributed by atoms with E-state index in [1.165, 1.54) is 6.07 Å². The van der Waals surface area contributed by atoms with E-state index < -0.39 is 5.41 Å². The van der Waals surface area contributed by atoms with Crippen molar-refractivity contribution in [1.29, 1.82) is 0 Å². The summed E-state index contributed by atoms with van der Waals surface area (Å²) in [5, 5.41) is 3.94. The van der Waals surface area contributed by atoms with Crippen LogP contribution in [0.1, 0.15) is 57.4 Å². The van der Waals surface area contributed by atoms with Gasteiger partial charge in [0.25, 0.3) is 0 Å². The van der Waals surface area contributed by atoms with Gasteiger partial charge in [-0.05, 0) is 49.6 Å². The Morgan fingerprint density at radius 2 is 1.90 bits per heavy atom. The largest absolute Gasteiger partial charge is 0.491 e. The van der Waals surface area contributed by atoms with Crippen molar-refractivity contribution < 1.29 is 13.9 Å². The van der Waals surface area contributed by atoms with Crippen molar-refractivity contribution in [3.63, 3.8) is 0 Å². The molecule has 3 aromatic rings. The summed E-state index contributed by atoms with van der Waals surface area (Å²) in [6, 6.07) is 14.2. The average molecular weight is 421 g/mol. The Labute approximate surface area is 182 Å². The third-order valence-corrected chi connectivity index (χ3v) is 6.27. The molecule has 0 saturated heterocycles. The number of nitrogens with one attached hydrogen (secondary N) is 1. The number of anilines is 1. The van der Waals surface area contributed by atoms with Crippen LogP contribution in [-0.4, -0.2) is 17.5 Å². The smallest absolute Gasteiger partial charge is 0.235 e. The normalized spacial score (nSPS) is 15.5. The van der Waals surface area contributed by atoms with Crippen molar-refractivity contribution >= 4 is 22.5 Å². The first-order valence-corrected chi connectivity index (χ1v) is 11.2. The maximum Gasteiger partial charge on any atom is 0.235 e. The molecule has 0 spiro atoms. The summed E-state index contributed by atoms with van der Waals surface area (Å²) in [5.41, 5.74) is 1.04. The molecular formula is C26H29FN2O2. The Hall–Kier alpha value is -2.95. The van der Waals surface area contributed by atoms with Crippen molar-refractivity contribution in [3.8, 4) is 5.75 Å². The first-order valence-electron chi connectivity index (χ1n) is 11.2. The number of pyridine rings is 1. The van der Waals surface area contributed by atoms with Gasteiger partial charge in [-0.15, -0.1) is 0 Å². The highest BCUT2D eigenvalue weighted by Crippen LogP contribution is 2.42. The molecule has 1 N–H and O–H groups in total. The molecule has 0 bridgehead atoms. The zero-order chi connectivity index (χ0) is 21.7. The molecular weight excluding hydrogens is 391 g/mol. The summed E-state index contributed by atoms with van der Waals surface area (Å²) in [6.45, 7) is 2.75. The zero-order valence-electron chi connectivity index (χ0n) is 18.0. The minimum Gasteiger partial charge on any atom is -0.491 e. The molecule has 0 aliphatic heterocycles. The minimum absolute atomic E-state index is 0.151. The van der Waals surface area contributed by atoms with Crippen LogP contribution >= 0.6 is 0 Å². The lowest BCUT2D eigenvalue weighted by atomic mass is 9.68. The molecule has 1 heterocycles. The van der Waals surface area contributed by atoms with E-state index in [0.29, 0.717) is 36.4 Å². The summed E-state index contributed by atoms with van der Waals surface area (Å²) in [5.74, 6) is 0.247. The Bertz CT molecular complexity index is 1060. The highest BCUT2D eigenvalue weighted by Gasteiger charge is 2.43. The van der Waals surface area contributed by atoms with Gasteiger partial charge in [-0.25, -0.2) is 4.39 Å². The number of carbonyl (C=O) groups is 1. The number of benzene rings is 2. The Balaban J connectivity index is 1.68. The third-order valence-electron chi connectivity index (χ3n) is 6.27. The fourth-order valence-corrected chi connectivity index (χ4v) is 4.56. The van der Waals surface area contributed by atoms with E-state index in [2.05, 4.69) is 17.2 Å². The monoisotopic (exact) mass is 420 g/mol. The summed E-state index contributed by atoms with van der Waals surface area (Å²) < 4.78 is 20.7. The van der Waals surface area contributed by atoms with Crippen LogP contribution < -0.4 is 10.1 Å². The summed E-state index contributed by atoms with van der Waals surface area (Å²) in [6.07, 6.45) is 7.93. The minimum atomic E-state index is -0.853. The molecule has 2 aromatic carbocycles. The molecule has 162 valence electrons. The first kappa shape index (κ1) is 21.3. The number of rotatable bonds is 7. The van der Waals surface area contributed by atoms with Crippen LogP contribution in [0.25, 0.3) is 10.9 Å². The Morgan fingerprint density at radius 1 is 1.10 bits per heavy atom. The topological polar surface area (TPSA) is 51.2 Å². The van der Waals surface area contributed by atoms with Gasteiger partial charge in [-0.3, -0.25) is 9.78 Å². The van der Waals surface area contributed by atoms with E-state index >= 15 is 0 Å². The summed E-state index contributed by atoms with van der Waals surface area (Å²) >= 11 is 0. The van der Waals surface area contributed by atoms with E-state index in [9.17, 15) is 9.18 Å². The number of aromatic nitrogens is 1. The van der Waals surface area contributed by atoms with Gasteiger partial charge in [0, 0.05) is 17.1 Å². The molecule has 1 aromatic heterocycles. The quantitative estimate of drug-likeness (QED) is 0.450. The van der Waals surface area contributed by atoms with Crippen LogP contribution in [0.3, 0.4) is 0 Å². The number of hydrogen-bond acceptors (Lipinski definition) is 3. The molecule has 1 fully saturated rings. The SMILES string of the molecule is CCCCOc1ccc(NC(=O)C2(c3ccccc3F)CCCCC2)c2cccnc12. The van der Waals surface area contributed by atoms with E-state index in [4.69, 9.17) is 4.74 Å². The lowest BCUT2D eigenvalue weighted by molar-refractivity contribution is -0.122. The molecule has 4 nitrogen and oxygen atoms in total. The first-order chi connectivity index (χ1) is 15.2. The number of nitrogens with zero attached hydrogens (tertiary/aromatic N) is 1. The Kier molecular flexibility index (Phi) is 6.50. The predicted molar refractivity (Wildman–Crippen MR) is 122 cm³/mol. The van der Waals surface area contributed by atoms with Gasteiger partial charge in [0.1, 0.15) is 17.1 Å². The number of ether oxygens (including phenoxy) is 1. The van der Waals surface area contributed by atoms with Crippen molar-refractivity contribution in [2.24, 2.45) is 0 Å². The van der Waals surface area contributed by atoms with Gasteiger partial charge in [0.15, 0.2) is 0 Å². The van der Waals surface area contributed by atoms with E-state index in [1.54, 1.807) is 18.3 Å². The molecule has 1 aliphatic rings. The molecule has 5 heteroatoms. The van der Waals surface area contributed by atoms with Gasteiger partial charge < -0.3 is 10.1 Å². The van der Waals surface area contributed by atoms with Crippen LogP contribution in [0, 0.1) is 5.82 Å². The number of hydrogen-bond donors (Lipinski definition) is 1. The van der Waals surface area contributed by atoms with Crippen LogP contribution in [0.5, 0.6) is 5.75 Å². The number of unbranched alkanes of at least 4 members (excludes halogenated alkanes) is 1. The molecule has 1 amide bonds. The van der Waals surface area contributed by atoms with Crippen molar-refractivity contribution in [2.75, 3.05) is 11.9 Å². The number of fused-ring (bicyclic) bond motifs is 1. The van der Waals surface area contributed by atoms with Crippen LogP contribution in [0.4, 0.5) is 10.1 Å². The lowest BCUT2D eigenvalue weighted by Crippen LogP contribution is -2.42. The fraction of sp³-hybridized carbons (Fsp3) is 0.385. The second kappa shape index (κ2) is 9.46. The Morgan fingerprint density at radius 3 is 2.68 bits per heavy atom. The van der Waals surface area contributed by atoms with Crippen LogP contribution in [-0.2, 0) is 10.2 Å². The molecule has 1 aliphatic carbocycles. The maximum atomic E-state index is 14.8. The summed E-state index contributed by atoms with van der Waals surface area (Å²) in [4.78, 5) is 18.1. The van der Waals surface area contributed by atoms with E-state index in [0.717, 1.165) is 43.0 Å². The zero-order valence-corrected chi connectivity index (χ0v) is 18.0. The second-order valence-corrected chi connectivity index (χ2v) is 8.29. The third kappa shape index (κ3) is 4.27. The predicted octanol–water partition coefficient (Wildman–Crippen LogP) is 6.39. The van der Waals surface area contributed by atoms with Crippen molar-refractivity contribution in [3.05, 3.63) is 66.1 Å². The van der Waals surface area contributed by atoms with Crippen molar-refractivity contribution in [1.82, 2.24) is 4.98 Å². The van der Waals surface area contributed by atoms with Crippen molar-refractivity contribution in [2.45, 2.75) is 57.3 Å². The van der Waals surface area contributed by atoms with Crippen LogP contribution in [0.15, 0.2) is 54.7 Å². The van der Waals surface area contributed by atoms with E-state index in [1.807, 2.05) is 30.3 Å². The number of amides is 1. The average Bonchev–Trinajstić information content (AvgIpc) is 2.81. The molecule has 31 heavy (non-hydrogen) atoms. The van der Waals surface area contributed by atoms with Gasteiger partial charge >= 0.3 is 0 Å². The van der Waals surface area contributed by atoms with E-state index in [-0.39, 0.29) is 11.7 Å². The fourth-order valence-electron chi connectivity index (χ4n) is 4.56. The highest BCUT2D eigenvalue weighted by molar-refractivity contribution is 6.06. The number of halogens is 1. The van der Waals surface area contributed by atoms with Gasteiger partial charge in [0.05, 0.1) is 17.7 Å². The molecule has 0 radical (unpaired) electrons. The standard InChI is InChI=1S/C26H29FN2O2/c1-2-3-18-31-23-14-13-22(19-10-9-17-28-24(19)23)29-25(30)26(15-7-4-8-16-26)20-11-5-6-12-21(20)27/h5-6,9-14,17H,2-4,7-8,15-16,18H2,1H3,(H,29,30). The van der Waals surface area contributed by atoms with Crippen LogP contribution in [0.2, 0.25) is 0 Å².